The number of rotatable bonds is 6. The van der Waals surface area contributed by atoms with E-state index in [0.717, 1.165) is 48.8 Å². The van der Waals surface area contributed by atoms with Crippen LogP contribution < -0.4 is 9.64 Å². The highest BCUT2D eigenvalue weighted by Gasteiger charge is 2.31. The first-order valence-electron chi connectivity index (χ1n) is 14.2. The topological polar surface area (TPSA) is 94.8 Å². The van der Waals surface area contributed by atoms with Crippen LogP contribution in [0, 0.1) is 11.3 Å². The fourth-order valence-corrected chi connectivity index (χ4v) is 5.09. The number of aromatic nitrogens is 2. The fourth-order valence-electron chi connectivity index (χ4n) is 5.09. The Balaban J connectivity index is 1.22. The van der Waals surface area contributed by atoms with Crippen LogP contribution in [0.1, 0.15) is 44.1 Å². The zero-order valence-electron chi connectivity index (χ0n) is 24.3. The average molecular weight is 555 g/mol. The molecule has 1 atom stereocenters. The van der Waals surface area contributed by atoms with Crippen molar-refractivity contribution in [1.82, 2.24) is 19.8 Å². The number of nitriles is 1. The van der Waals surface area contributed by atoms with Crippen LogP contribution in [0.4, 0.5) is 10.5 Å². The van der Waals surface area contributed by atoms with Crippen molar-refractivity contribution in [1.29, 1.82) is 5.26 Å². The number of hydrogen-bond donors (Lipinski definition) is 0. The quantitative estimate of drug-likeness (QED) is 0.431. The maximum absolute atomic E-state index is 12.4. The third-order valence-corrected chi connectivity index (χ3v) is 7.36. The van der Waals surface area contributed by atoms with Crippen molar-refractivity contribution in [3.63, 3.8) is 0 Å². The molecule has 41 heavy (non-hydrogen) atoms. The van der Waals surface area contributed by atoms with E-state index in [9.17, 15) is 10.1 Å². The van der Waals surface area contributed by atoms with E-state index >= 15 is 0 Å². The number of carbonyl (C=O) groups excluding carboxylic acids is 1. The summed E-state index contributed by atoms with van der Waals surface area (Å²) < 4.78 is 11.6. The Morgan fingerprint density at radius 3 is 2.51 bits per heavy atom. The number of ether oxygens (including phenoxy) is 2. The van der Waals surface area contributed by atoms with Gasteiger partial charge in [0.1, 0.15) is 29.3 Å². The van der Waals surface area contributed by atoms with Crippen LogP contribution in [-0.2, 0) is 11.2 Å². The molecule has 214 valence electrons. The number of benzene rings is 2. The lowest BCUT2D eigenvalue weighted by Crippen LogP contribution is -2.44. The average Bonchev–Trinajstić information content (AvgIpc) is 3.42. The van der Waals surface area contributed by atoms with Gasteiger partial charge in [0.15, 0.2) is 0 Å². The van der Waals surface area contributed by atoms with Gasteiger partial charge in [-0.05, 0) is 69.8 Å². The molecule has 3 heterocycles. The van der Waals surface area contributed by atoms with E-state index in [1.807, 2.05) is 39.0 Å². The molecule has 1 unspecified atom stereocenters. The molecule has 2 aliphatic rings. The summed E-state index contributed by atoms with van der Waals surface area (Å²) in [7, 11) is 2.16. The van der Waals surface area contributed by atoms with E-state index in [1.165, 1.54) is 5.69 Å². The zero-order valence-corrected chi connectivity index (χ0v) is 24.3. The molecule has 0 saturated carbocycles. The van der Waals surface area contributed by atoms with Crippen LogP contribution >= 0.6 is 0 Å². The second-order valence-electron chi connectivity index (χ2n) is 11.8. The van der Waals surface area contributed by atoms with Gasteiger partial charge in [-0.1, -0.05) is 12.1 Å². The summed E-state index contributed by atoms with van der Waals surface area (Å²) >= 11 is 0. The van der Waals surface area contributed by atoms with Crippen LogP contribution in [0.25, 0.3) is 11.3 Å². The van der Waals surface area contributed by atoms with Crippen molar-refractivity contribution in [3.8, 4) is 23.1 Å². The first kappa shape index (κ1) is 28.4. The number of likely N-dealkylation sites (N-methyl/N-ethyl adjacent to an activating group) is 1. The Labute approximate surface area is 242 Å². The van der Waals surface area contributed by atoms with Gasteiger partial charge in [-0.2, -0.15) is 5.26 Å². The first-order chi connectivity index (χ1) is 19.7. The summed E-state index contributed by atoms with van der Waals surface area (Å²) in [5, 5.41) is 9.86. The van der Waals surface area contributed by atoms with Gasteiger partial charge in [0.2, 0.25) is 0 Å². The number of carbonyl (C=O) groups is 1. The van der Waals surface area contributed by atoms with Gasteiger partial charge in [-0.25, -0.2) is 14.8 Å². The lowest BCUT2D eigenvalue weighted by Gasteiger charge is -2.34. The smallest absolute Gasteiger partial charge is 0.410 e. The highest BCUT2D eigenvalue weighted by atomic mass is 16.6. The van der Waals surface area contributed by atoms with Crippen LogP contribution in [0.5, 0.6) is 5.75 Å². The normalized spacial score (nSPS) is 17.8. The number of amides is 1. The molecule has 2 saturated heterocycles. The van der Waals surface area contributed by atoms with Crippen molar-refractivity contribution < 1.29 is 14.3 Å². The Morgan fingerprint density at radius 1 is 1.05 bits per heavy atom. The summed E-state index contributed by atoms with van der Waals surface area (Å²) in [6.45, 7) is 10.8. The predicted molar refractivity (Wildman–Crippen MR) is 158 cm³/mol. The molecular formula is C32H38N6O3. The van der Waals surface area contributed by atoms with Gasteiger partial charge < -0.3 is 24.2 Å². The minimum Gasteiger partial charge on any atom is -0.487 e. The Kier molecular flexibility index (Phi) is 8.41. The van der Waals surface area contributed by atoms with E-state index in [4.69, 9.17) is 14.5 Å². The highest BCUT2D eigenvalue weighted by Crippen LogP contribution is 2.28. The third kappa shape index (κ3) is 7.33. The minimum atomic E-state index is -0.546. The molecule has 0 radical (unpaired) electrons. The van der Waals surface area contributed by atoms with E-state index in [-0.39, 0.29) is 12.2 Å². The molecule has 5 rings (SSSR count). The molecule has 0 aliphatic carbocycles. The van der Waals surface area contributed by atoms with Gasteiger partial charge in [0, 0.05) is 63.0 Å². The summed E-state index contributed by atoms with van der Waals surface area (Å²) in [5.41, 5.74) is 3.86. The van der Waals surface area contributed by atoms with Crippen LogP contribution in [-0.4, -0.2) is 83.9 Å². The van der Waals surface area contributed by atoms with Crippen LogP contribution in [0.3, 0.4) is 0 Å². The Morgan fingerprint density at radius 2 is 1.80 bits per heavy atom. The Hall–Kier alpha value is -4.16. The molecule has 1 amide bonds. The number of likely N-dealkylation sites (tertiary alicyclic amines) is 1. The highest BCUT2D eigenvalue weighted by molar-refractivity contribution is 5.68. The largest absolute Gasteiger partial charge is 0.487 e. The van der Waals surface area contributed by atoms with Gasteiger partial charge in [-0.3, -0.25) is 0 Å². The SMILES string of the molecule is CN1CCN(c2ccc(Cc3nccc(-c4ccc(OC5CCN(C(=O)OC(C)(C)C)C5)c(C#N)c4)n3)cc2)CC1. The van der Waals surface area contributed by atoms with Gasteiger partial charge in [-0.15, -0.1) is 0 Å². The van der Waals surface area contributed by atoms with Crippen LogP contribution in [0.15, 0.2) is 54.7 Å². The third-order valence-electron chi connectivity index (χ3n) is 7.36. The molecule has 2 aromatic carbocycles. The molecule has 9 heteroatoms. The molecule has 0 bridgehead atoms. The minimum absolute atomic E-state index is 0.200. The molecule has 0 N–H and O–H groups in total. The second kappa shape index (κ2) is 12.1. The maximum Gasteiger partial charge on any atom is 0.410 e. The van der Waals surface area contributed by atoms with E-state index in [0.29, 0.717) is 37.2 Å². The lowest BCUT2D eigenvalue weighted by molar-refractivity contribution is 0.0275. The molecular weight excluding hydrogens is 516 g/mol. The van der Waals surface area contributed by atoms with E-state index < -0.39 is 5.60 Å². The van der Waals surface area contributed by atoms with Gasteiger partial charge >= 0.3 is 6.09 Å². The fraction of sp³-hybridized carbons (Fsp3) is 0.438. The zero-order chi connectivity index (χ0) is 29.0. The lowest BCUT2D eigenvalue weighted by atomic mass is 10.1. The van der Waals surface area contributed by atoms with E-state index in [1.54, 1.807) is 17.2 Å². The predicted octanol–water partition coefficient (Wildman–Crippen LogP) is 4.75. The van der Waals surface area contributed by atoms with Crippen molar-refractivity contribution in [3.05, 3.63) is 71.7 Å². The summed E-state index contributed by atoms with van der Waals surface area (Å²) in [4.78, 5) is 28.1. The number of nitrogens with zero attached hydrogens (tertiary/aromatic N) is 6. The van der Waals surface area contributed by atoms with Crippen molar-refractivity contribution in [2.75, 3.05) is 51.2 Å². The van der Waals surface area contributed by atoms with Gasteiger partial charge in [0.25, 0.3) is 0 Å². The summed E-state index contributed by atoms with van der Waals surface area (Å²) in [6.07, 6.45) is 2.52. The maximum atomic E-state index is 12.4. The molecule has 2 fully saturated rings. The number of anilines is 1. The van der Waals surface area contributed by atoms with Gasteiger partial charge in [0.05, 0.1) is 17.8 Å². The second-order valence-corrected chi connectivity index (χ2v) is 11.8. The van der Waals surface area contributed by atoms with Crippen molar-refractivity contribution in [2.24, 2.45) is 0 Å². The molecule has 9 nitrogen and oxygen atoms in total. The van der Waals surface area contributed by atoms with Crippen LogP contribution in [0.2, 0.25) is 0 Å². The Bertz CT molecular complexity index is 1400. The summed E-state index contributed by atoms with van der Waals surface area (Å²) in [5.74, 6) is 1.23. The first-order valence-corrected chi connectivity index (χ1v) is 14.2. The molecule has 0 spiro atoms. The number of piperazine rings is 1. The standard InChI is InChI=1S/C32H38N6O3/c1-32(2,3)41-31(39)38-14-12-27(22-38)40-29-10-7-24(20-25(29)21-33)28-11-13-34-30(35-28)19-23-5-8-26(9-6-23)37-17-15-36(4)16-18-37/h5-11,13,20,27H,12,14-19,22H2,1-4H3. The molecule has 3 aromatic rings. The monoisotopic (exact) mass is 554 g/mol. The summed E-state index contributed by atoms with van der Waals surface area (Å²) in [6, 6.07) is 18.3. The number of hydrogen-bond acceptors (Lipinski definition) is 8. The van der Waals surface area contributed by atoms with Crippen molar-refractivity contribution >= 4 is 11.8 Å². The molecule has 1 aromatic heterocycles. The van der Waals surface area contributed by atoms with E-state index in [2.05, 4.69) is 52.2 Å². The van der Waals surface area contributed by atoms with Crippen molar-refractivity contribution in [2.45, 2.75) is 45.3 Å². The molecule has 2 aliphatic heterocycles.